The van der Waals surface area contributed by atoms with E-state index in [-0.39, 0.29) is 15.9 Å². The van der Waals surface area contributed by atoms with Gasteiger partial charge in [0.25, 0.3) is 10.0 Å². The smallest absolute Gasteiger partial charge is 0.266 e. The van der Waals surface area contributed by atoms with Crippen LogP contribution in [0.5, 0.6) is 0 Å². The van der Waals surface area contributed by atoms with Crippen molar-refractivity contribution >= 4 is 27.4 Å². The molecule has 0 radical (unpaired) electrons. The van der Waals surface area contributed by atoms with Crippen LogP contribution in [-0.2, 0) is 10.0 Å². The fourth-order valence-corrected chi connectivity index (χ4v) is 2.76. The van der Waals surface area contributed by atoms with Crippen LogP contribution in [-0.4, -0.2) is 18.4 Å². The fourth-order valence-electron chi connectivity index (χ4n) is 1.43. The molecule has 96 valence electrons. The largest absolute Gasteiger partial charge is 0.465 e. The molecule has 0 aliphatic carbocycles. The Morgan fingerprint density at radius 2 is 2.00 bits per heavy atom. The summed E-state index contributed by atoms with van der Waals surface area (Å²) in [5.74, 6) is 0.939. The summed E-state index contributed by atoms with van der Waals surface area (Å²) in [6, 6.07) is 1.45. The monoisotopic (exact) mass is 287 g/mol. The number of hydrogen-bond acceptors (Lipinski definition) is 5. The van der Waals surface area contributed by atoms with Gasteiger partial charge in [-0.3, -0.25) is 4.72 Å². The second kappa shape index (κ2) is 4.58. The number of aromatic nitrogens is 2. The molecular formula is C10H10ClN3O3S. The van der Waals surface area contributed by atoms with Crippen LogP contribution in [0.15, 0.2) is 27.8 Å². The first-order chi connectivity index (χ1) is 8.38. The van der Waals surface area contributed by atoms with Crippen molar-refractivity contribution < 1.29 is 12.8 Å². The molecular weight excluding hydrogens is 278 g/mol. The maximum absolute atomic E-state index is 12.0. The van der Waals surface area contributed by atoms with Crippen molar-refractivity contribution in [1.29, 1.82) is 0 Å². The standard InChI is InChI=1S/C10H10ClN3O3S/c1-6-3-8(7(2)17-6)18(15,16)14-10-5-12-9(11)4-13-10/h3-5H,1-2H3,(H,13,14). The van der Waals surface area contributed by atoms with Gasteiger partial charge in [0.2, 0.25) is 0 Å². The minimum Gasteiger partial charge on any atom is -0.465 e. The van der Waals surface area contributed by atoms with Gasteiger partial charge in [-0.05, 0) is 13.8 Å². The molecule has 0 aliphatic heterocycles. The highest BCUT2D eigenvalue weighted by atomic mass is 35.5. The van der Waals surface area contributed by atoms with E-state index in [2.05, 4.69) is 14.7 Å². The van der Waals surface area contributed by atoms with Gasteiger partial charge in [0.1, 0.15) is 21.6 Å². The fraction of sp³-hybridized carbons (Fsp3) is 0.200. The van der Waals surface area contributed by atoms with Crippen LogP contribution in [0, 0.1) is 13.8 Å². The highest BCUT2D eigenvalue weighted by molar-refractivity contribution is 7.92. The van der Waals surface area contributed by atoms with Crippen molar-refractivity contribution in [2.24, 2.45) is 0 Å². The molecule has 0 fully saturated rings. The highest BCUT2D eigenvalue weighted by Gasteiger charge is 2.21. The van der Waals surface area contributed by atoms with Gasteiger partial charge in [0.15, 0.2) is 5.82 Å². The molecule has 0 aromatic carbocycles. The number of sulfonamides is 1. The first-order valence-electron chi connectivity index (χ1n) is 4.96. The molecule has 0 aliphatic rings. The van der Waals surface area contributed by atoms with Gasteiger partial charge in [0.05, 0.1) is 12.4 Å². The molecule has 1 N–H and O–H groups in total. The van der Waals surface area contributed by atoms with E-state index in [0.717, 1.165) is 0 Å². The Kier molecular flexibility index (Phi) is 3.27. The van der Waals surface area contributed by atoms with Gasteiger partial charge in [-0.2, -0.15) is 0 Å². The maximum Gasteiger partial charge on any atom is 0.266 e. The van der Waals surface area contributed by atoms with Gasteiger partial charge >= 0.3 is 0 Å². The normalized spacial score (nSPS) is 11.5. The summed E-state index contributed by atoms with van der Waals surface area (Å²) in [6.45, 7) is 3.25. The number of hydrogen-bond donors (Lipinski definition) is 1. The molecule has 2 rings (SSSR count). The third kappa shape index (κ3) is 2.62. The van der Waals surface area contributed by atoms with Crippen LogP contribution in [0.3, 0.4) is 0 Å². The summed E-state index contributed by atoms with van der Waals surface area (Å²) in [7, 11) is -3.73. The van der Waals surface area contributed by atoms with E-state index in [0.29, 0.717) is 11.5 Å². The van der Waals surface area contributed by atoms with Gasteiger partial charge in [0, 0.05) is 6.07 Å². The number of nitrogens with one attached hydrogen (secondary N) is 1. The molecule has 0 saturated carbocycles. The van der Waals surface area contributed by atoms with Crippen LogP contribution in [0.25, 0.3) is 0 Å². The Morgan fingerprint density at radius 1 is 1.28 bits per heavy atom. The summed E-state index contributed by atoms with van der Waals surface area (Å²) in [5.41, 5.74) is 0. The van der Waals surface area contributed by atoms with E-state index in [4.69, 9.17) is 16.0 Å². The lowest BCUT2D eigenvalue weighted by Gasteiger charge is -2.05. The predicted octanol–water partition coefficient (Wildman–Crippen LogP) is 2.14. The molecule has 0 bridgehead atoms. The molecule has 18 heavy (non-hydrogen) atoms. The van der Waals surface area contributed by atoms with Crippen LogP contribution >= 0.6 is 11.6 Å². The zero-order valence-corrected chi connectivity index (χ0v) is 11.2. The summed E-state index contributed by atoms with van der Waals surface area (Å²) in [5, 5.41) is 0.188. The van der Waals surface area contributed by atoms with E-state index in [1.54, 1.807) is 13.8 Å². The third-order valence-corrected chi connectivity index (χ3v) is 3.80. The number of aryl methyl sites for hydroxylation is 2. The quantitative estimate of drug-likeness (QED) is 0.935. The second-order valence-corrected chi connectivity index (χ2v) is 5.65. The highest BCUT2D eigenvalue weighted by Crippen LogP contribution is 2.21. The lowest BCUT2D eigenvalue weighted by Crippen LogP contribution is -2.14. The first-order valence-corrected chi connectivity index (χ1v) is 6.82. The van der Waals surface area contributed by atoms with Crippen molar-refractivity contribution in [3.63, 3.8) is 0 Å². The summed E-state index contributed by atoms with van der Waals surface area (Å²) in [6.07, 6.45) is 2.50. The molecule has 0 atom stereocenters. The SMILES string of the molecule is Cc1cc(S(=O)(=O)Nc2cnc(Cl)cn2)c(C)o1. The van der Waals surface area contributed by atoms with E-state index >= 15 is 0 Å². The number of rotatable bonds is 3. The van der Waals surface area contributed by atoms with Crippen molar-refractivity contribution in [2.45, 2.75) is 18.7 Å². The average molecular weight is 288 g/mol. The van der Waals surface area contributed by atoms with Crippen LogP contribution in [0.1, 0.15) is 11.5 Å². The zero-order chi connectivity index (χ0) is 13.3. The summed E-state index contributed by atoms with van der Waals surface area (Å²) < 4.78 is 31.6. The van der Waals surface area contributed by atoms with Gasteiger partial charge in [-0.15, -0.1) is 0 Å². The molecule has 6 nitrogen and oxygen atoms in total. The Balaban J connectivity index is 2.33. The Bertz CT molecular complexity index is 664. The summed E-state index contributed by atoms with van der Waals surface area (Å²) >= 11 is 5.56. The molecule has 2 heterocycles. The van der Waals surface area contributed by atoms with E-state index < -0.39 is 10.0 Å². The van der Waals surface area contributed by atoms with E-state index in [1.807, 2.05) is 0 Å². The van der Waals surface area contributed by atoms with Gasteiger partial charge in [-0.1, -0.05) is 11.6 Å². The van der Waals surface area contributed by atoms with Crippen molar-refractivity contribution in [3.8, 4) is 0 Å². The van der Waals surface area contributed by atoms with Crippen LogP contribution in [0.2, 0.25) is 5.15 Å². The van der Waals surface area contributed by atoms with Crippen LogP contribution in [0.4, 0.5) is 5.82 Å². The van der Waals surface area contributed by atoms with E-state index in [9.17, 15) is 8.42 Å². The number of nitrogens with zero attached hydrogens (tertiary/aromatic N) is 2. The third-order valence-electron chi connectivity index (χ3n) is 2.14. The molecule has 2 aromatic rings. The van der Waals surface area contributed by atoms with Gasteiger partial charge in [-0.25, -0.2) is 18.4 Å². The Morgan fingerprint density at radius 3 is 2.50 bits per heavy atom. The predicted molar refractivity (Wildman–Crippen MR) is 66.0 cm³/mol. The maximum atomic E-state index is 12.0. The minimum absolute atomic E-state index is 0.0803. The molecule has 0 saturated heterocycles. The van der Waals surface area contributed by atoms with E-state index in [1.165, 1.54) is 18.5 Å². The minimum atomic E-state index is -3.73. The Hall–Kier alpha value is -1.60. The lowest BCUT2D eigenvalue weighted by molar-refractivity contribution is 0.496. The molecule has 0 spiro atoms. The molecule has 2 aromatic heterocycles. The lowest BCUT2D eigenvalue weighted by atomic mass is 10.4. The number of anilines is 1. The van der Waals surface area contributed by atoms with Crippen molar-refractivity contribution in [3.05, 3.63) is 35.1 Å². The van der Waals surface area contributed by atoms with Gasteiger partial charge < -0.3 is 4.42 Å². The number of furan rings is 1. The van der Waals surface area contributed by atoms with Crippen molar-refractivity contribution in [1.82, 2.24) is 9.97 Å². The topological polar surface area (TPSA) is 85.1 Å². The summed E-state index contributed by atoms with van der Waals surface area (Å²) in [4.78, 5) is 7.63. The molecule has 0 amide bonds. The van der Waals surface area contributed by atoms with Crippen LogP contribution < -0.4 is 4.72 Å². The first kappa shape index (κ1) is 12.8. The average Bonchev–Trinajstić information content (AvgIpc) is 2.62. The molecule has 8 heteroatoms. The molecule has 0 unspecified atom stereocenters. The Labute approximate surface area is 109 Å². The number of halogens is 1. The van der Waals surface area contributed by atoms with Crippen molar-refractivity contribution in [2.75, 3.05) is 4.72 Å². The second-order valence-electron chi connectivity index (χ2n) is 3.61. The zero-order valence-electron chi connectivity index (χ0n) is 9.64.